The van der Waals surface area contributed by atoms with Crippen molar-refractivity contribution in [3.05, 3.63) is 0 Å². The first kappa shape index (κ1) is 8.24. The fourth-order valence-corrected chi connectivity index (χ4v) is 2.15. The van der Waals surface area contributed by atoms with E-state index in [-0.39, 0.29) is 5.41 Å². The Morgan fingerprint density at radius 1 is 1.58 bits per heavy atom. The maximum atomic E-state index is 11.6. The molecule has 0 aromatic carbocycles. The fourth-order valence-electron chi connectivity index (χ4n) is 2.15. The summed E-state index contributed by atoms with van der Waals surface area (Å²) in [5.74, 6) is 0.462. The van der Waals surface area contributed by atoms with Crippen LogP contribution in [0.1, 0.15) is 39.0 Å². The largest absolute Gasteiger partial charge is 0.373 e. The van der Waals surface area contributed by atoms with Crippen LogP contribution < -0.4 is 0 Å². The zero-order valence-corrected chi connectivity index (χ0v) is 7.64. The second-order valence-electron chi connectivity index (χ2n) is 4.35. The number of rotatable bonds is 2. The van der Waals surface area contributed by atoms with E-state index in [1.807, 2.05) is 0 Å². The summed E-state index contributed by atoms with van der Waals surface area (Å²) in [5.41, 5.74) is -0.0422. The Bertz CT molecular complexity index is 196. The molecule has 12 heavy (non-hydrogen) atoms. The van der Waals surface area contributed by atoms with Gasteiger partial charge in [0.05, 0.1) is 12.7 Å². The molecule has 0 N–H and O–H groups in total. The molecule has 0 bridgehead atoms. The number of hydrogen-bond donors (Lipinski definition) is 0. The summed E-state index contributed by atoms with van der Waals surface area (Å²) < 4.78 is 5.17. The highest BCUT2D eigenvalue weighted by Gasteiger charge is 2.40. The Morgan fingerprint density at radius 2 is 2.33 bits per heavy atom. The first-order valence-electron chi connectivity index (χ1n) is 4.86. The van der Waals surface area contributed by atoms with E-state index < -0.39 is 0 Å². The second-order valence-corrected chi connectivity index (χ2v) is 4.35. The molecule has 2 nitrogen and oxygen atoms in total. The van der Waals surface area contributed by atoms with Crippen molar-refractivity contribution in [2.45, 2.75) is 45.1 Å². The van der Waals surface area contributed by atoms with Crippen LogP contribution in [-0.4, -0.2) is 18.5 Å². The maximum absolute atomic E-state index is 11.6. The van der Waals surface area contributed by atoms with Gasteiger partial charge in [0.2, 0.25) is 0 Å². The van der Waals surface area contributed by atoms with Crippen molar-refractivity contribution in [3.63, 3.8) is 0 Å². The van der Waals surface area contributed by atoms with Crippen molar-refractivity contribution in [2.24, 2.45) is 5.41 Å². The van der Waals surface area contributed by atoms with Gasteiger partial charge in [0.25, 0.3) is 0 Å². The first-order chi connectivity index (χ1) is 5.71. The Morgan fingerprint density at radius 3 is 2.92 bits per heavy atom. The topological polar surface area (TPSA) is 29.6 Å². The van der Waals surface area contributed by atoms with E-state index in [2.05, 4.69) is 6.92 Å². The van der Waals surface area contributed by atoms with Gasteiger partial charge in [0, 0.05) is 11.8 Å². The normalized spacial score (nSPS) is 41.4. The third-order valence-electron chi connectivity index (χ3n) is 3.14. The Kier molecular flexibility index (Phi) is 1.95. The molecule has 2 fully saturated rings. The second kappa shape index (κ2) is 2.84. The highest BCUT2D eigenvalue weighted by Crippen LogP contribution is 2.39. The van der Waals surface area contributed by atoms with Crippen LogP contribution in [-0.2, 0) is 9.53 Å². The van der Waals surface area contributed by atoms with Gasteiger partial charge in [0.15, 0.2) is 0 Å². The maximum Gasteiger partial charge on any atom is 0.138 e. The van der Waals surface area contributed by atoms with Crippen LogP contribution in [0.5, 0.6) is 0 Å². The average Bonchev–Trinajstić information content (AvgIpc) is 2.79. The molecule has 2 aliphatic rings. The summed E-state index contributed by atoms with van der Waals surface area (Å²) in [5, 5.41) is 0. The van der Waals surface area contributed by atoms with E-state index in [0.717, 1.165) is 32.3 Å². The zero-order valence-electron chi connectivity index (χ0n) is 7.64. The number of Topliss-reactive ketones (excluding diaryl/α,β-unsaturated/α-hetero) is 1. The molecular formula is C10H16O2. The highest BCUT2D eigenvalue weighted by atomic mass is 16.6. The number of ketones is 1. The SMILES string of the molecule is CC1(CC2CO2)CCCCC1=O. The molecule has 0 spiro atoms. The summed E-state index contributed by atoms with van der Waals surface area (Å²) in [6, 6.07) is 0. The molecule has 2 heteroatoms. The van der Waals surface area contributed by atoms with Crippen LogP contribution in [0.4, 0.5) is 0 Å². The molecule has 0 aromatic rings. The van der Waals surface area contributed by atoms with Gasteiger partial charge in [-0.1, -0.05) is 13.3 Å². The van der Waals surface area contributed by atoms with Crippen LogP contribution in [0, 0.1) is 5.41 Å². The Balaban J connectivity index is 1.99. The van der Waals surface area contributed by atoms with Crippen molar-refractivity contribution < 1.29 is 9.53 Å². The molecule has 0 aromatic heterocycles. The van der Waals surface area contributed by atoms with Crippen LogP contribution >= 0.6 is 0 Å². The standard InChI is InChI=1S/C10H16O2/c1-10(6-8-7-12-8)5-3-2-4-9(10)11/h8H,2-7H2,1H3. The van der Waals surface area contributed by atoms with Gasteiger partial charge >= 0.3 is 0 Å². The van der Waals surface area contributed by atoms with Crippen molar-refractivity contribution in [1.29, 1.82) is 0 Å². The average molecular weight is 168 g/mol. The van der Waals surface area contributed by atoms with E-state index in [1.165, 1.54) is 6.42 Å². The lowest BCUT2D eigenvalue weighted by molar-refractivity contribution is -0.131. The molecule has 2 unspecified atom stereocenters. The number of carbonyl (C=O) groups is 1. The summed E-state index contributed by atoms with van der Waals surface area (Å²) in [6.07, 6.45) is 5.55. The molecule has 1 aliphatic carbocycles. The predicted molar refractivity (Wildman–Crippen MR) is 45.9 cm³/mol. The highest BCUT2D eigenvalue weighted by molar-refractivity contribution is 5.85. The van der Waals surface area contributed by atoms with Crippen LogP contribution in [0.3, 0.4) is 0 Å². The van der Waals surface area contributed by atoms with Gasteiger partial charge in [-0.25, -0.2) is 0 Å². The molecule has 1 saturated heterocycles. The van der Waals surface area contributed by atoms with Crippen LogP contribution in [0.15, 0.2) is 0 Å². The third-order valence-corrected chi connectivity index (χ3v) is 3.14. The van der Waals surface area contributed by atoms with Gasteiger partial charge in [0.1, 0.15) is 5.78 Å². The monoisotopic (exact) mass is 168 g/mol. The van der Waals surface area contributed by atoms with Gasteiger partial charge in [-0.3, -0.25) is 4.79 Å². The first-order valence-corrected chi connectivity index (χ1v) is 4.86. The number of ether oxygens (including phenoxy) is 1. The van der Waals surface area contributed by atoms with Crippen LogP contribution in [0.25, 0.3) is 0 Å². The lowest BCUT2D eigenvalue weighted by atomic mass is 9.72. The van der Waals surface area contributed by atoms with E-state index in [9.17, 15) is 4.79 Å². The van der Waals surface area contributed by atoms with Crippen LogP contribution in [0.2, 0.25) is 0 Å². The minimum Gasteiger partial charge on any atom is -0.373 e. The van der Waals surface area contributed by atoms with Crippen molar-refractivity contribution in [2.75, 3.05) is 6.61 Å². The fraction of sp³-hybridized carbons (Fsp3) is 0.900. The van der Waals surface area contributed by atoms with E-state index in [0.29, 0.717) is 11.9 Å². The molecule has 1 aliphatic heterocycles. The molecule has 1 heterocycles. The summed E-state index contributed by atoms with van der Waals surface area (Å²) in [7, 11) is 0. The molecule has 2 atom stereocenters. The Hall–Kier alpha value is -0.370. The smallest absolute Gasteiger partial charge is 0.138 e. The van der Waals surface area contributed by atoms with Gasteiger partial charge < -0.3 is 4.74 Å². The van der Waals surface area contributed by atoms with Crippen molar-refractivity contribution >= 4 is 5.78 Å². The molecule has 0 amide bonds. The lowest BCUT2D eigenvalue weighted by Gasteiger charge is -2.31. The van der Waals surface area contributed by atoms with Gasteiger partial charge in [-0.15, -0.1) is 0 Å². The van der Waals surface area contributed by atoms with E-state index in [1.54, 1.807) is 0 Å². The van der Waals surface area contributed by atoms with E-state index >= 15 is 0 Å². The summed E-state index contributed by atoms with van der Waals surface area (Å²) in [4.78, 5) is 11.6. The quantitative estimate of drug-likeness (QED) is 0.589. The summed E-state index contributed by atoms with van der Waals surface area (Å²) in [6.45, 7) is 2.99. The minimum atomic E-state index is -0.0422. The lowest BCUT2D eigenvalue weighted by Crippen LogP contribution is -2.32. The van der Waals surface area contributed by atoms with E-state index in [4.69, 9.17) is 4.74 Å². The number of epoxide rings is 1. The van der Waals surface area contributed by atoms with Gasteiger partial charge in [-0.2, -0.15) is 0 Å². The molecule has 0 radical (unpaired) electrons. The van der Waals surface area contributed by atoms with Gasteiger partial charge in [-0.05, 0) is 19.3 Å². The number of hydrogen-bond acceptors (Lipinski definition) is 2. The predicted octanol–water partition coefficient (Wildman–Crippen LogP) is 1.92. The zero-order chi connectivity index (χ0) is 8.60. The molecular weight excluding hydrogens is 152 g/mol. The van der Waals surface area contributed by atoms with Crippen molar-refractivity contribution in [3.8, 4) is 0 Å². The minimum absolute atomic E-state index is 0.0422. The molecule has 2 rings (SSSR count). The number of carbonyl (C=O) groups excluding carboxylic acids is 1. The van der Waals surface area contributed by atoms with Crippen molar-refractivity contribution in [1.82, 2.24) is 0 Å². The Labute approximate surface area is 73.3 Å². The summed E-state index contributed by atoms with van der Waals surface area (Å²) >= 11 is 0. The third kappa shape index (κ3) is 1.53. The molecule has 1 saturated carbocycles. The molecule has 68 valence electrons.